The van der Waals surface area contributed by atoms with Gasteiger partial charge in [0.1, 0.15) is 0 Å². The lowest BCUT2D eigenvalue weighted by Crippen LogP contribution is -2.52. The highest BCUT2D eigenvalue weighted by Crippen LogP contribution is 2.32. The van der Waals surface area contributed by atoms with Crippen molar-refractivity contribution in [3.63, 3.8) is 0 Å². The summed E-state index contributed by atoms with van der Waals surface area (Å²) >= 11 is 0. The lowest BCUT2D eigenvalue weighted by atomic mass is 10.0. The Bertz CT molecular complexity index is 1280. The highest BCUT2D eigenvalue weighted by Gasteiger charge is 2.37. The number of benzene rings is 2. The zero-order valence-corrected chi connectivity index (χ0v) is 19.2. The maximum absolute atomic E-state index is 13.3. The van der Waals surface area contributed by atoms with Crippen molar-refractivity contribution in [2.45, 2.75) is 20.0 Å². The molecule has 7 nitrogen and oxygen atoms in total. The fourth-order valence-electron chi connectivity index (χ4n) is 4.24. The van der Waals surface area contributed by atoms with Crippen molar-refractivity contribution in [3.8, 4) is 5.69 Å². The molecular formula is C25H23F3N4O3. The molecule has 1 fully saturated rings. The molecule has 0 spiro atoms. The van der Waals surface area contributed by atoms with Gasteiger partial charge < -0.3 is 9.80 Å². The van der Waals surface area contributed by atoms with Gasteiger partial charge in [0.15, 0.2) is 0 Å². The first-order chi connectivity index (χ1) is 16.6. The van der Waals surface area contributed by atoms with Crippen LogP contribution in [-0.4, -0.2) is 63.4 Å². The van der Waals surface area contributed by atoms with Crippen molar-refractivity contribution < 1.29 is 27.6 Å². The quantitative estimate of drug-likeness (QED) is 0.418. The van der Waals surface area contributed by atoms with Gasteiger partial charge in [-0.25, -0.2) is 4.68 Å². The normalized spacial score (nSPS) is 14.2. The second kappa shape index (κ2) is 9.36. The number of Topliss-reactive ketones (excluding diaryl/α,β-unsaturated/α-hetero) is 1. The summed E-state index contributed by atoms with van der Waals surface area (Å²) in [6.07, 6.45) is -4.66. The van der Waals surface area contributed by atoms with Crippen molar-refractivity contribution in [1.29, 1.82) is 0 Å². The van der Waals surface area contributed by atoms with Crippen LogP contribution in [0.15, 0.2) is 54.6 Å². The minimum atomic E-state index is -4.66. The number of carbonyl (C=O) groups excluding carboxylic acids is 3. The Labute approximate surface area is 199 Å². The molecule has 0 radical (unpaired) electrons. The Balaban J connectivity index is 1.47. The summed E-state index contributed by atoms with van der Waals surface area (Å²) in [6, 6.07) is 13.8. The van der Waals surface area contributed by atoms with Crippen LogP contribution >= 0.6 is 0 Å². The van der Waals surface area contributed by atoms with Crippen molar-refractivity contribution in [2.24, 2.45) is 0 Å². The molecule has 3 aromatic rings. The van der Waals surface area contributed by atoms with Crippen LogP contribution in [0, 0.1) is 13.8 Å². The molecule has 4 rings (SSSR count). The van der Waals surface area contributed by atoms with E-state index in [1.165, 1.54) is 21.9 Å². The molecule has 0 aliphatic carbocycles. The van der Waals surface area contributed by atoms with Crippen LogP contribution in [0.25, 0.3) is 5.69 Å². The molecule has 1 aliphatic rings. The van der Waals surface area contributed by atoms with Gasteiger partial charge in [-0.1, -0.05) is 30.3 Å². The maximum Gasteiger partial charge on any atom is 0.417 e. The third-order valence-electron chi connectivity index (χ3n) is 6.03. The van der Waals surface area contributed by atoms with Crippen LogP contribution in [0.3, 0.4) is 0 Å². The molecule has 182 valence electrons. The number of halogens is 3. The molecule has 2 amide bonds. The van der Waals surface area contributed by atoms with Gasteiger partial charge in [0.2, 0.25) is 0 Å². The largest absolute Gasteiger partial charge is 0.417 e. The Morgan fingerprint density at radius 3 is 2.03 bits per heavy atom. The summed E-state index contributed by atoms with van der Waals surface area (Å²) in [4.78, 5) is 41.4. The highest BCUT2D eigenvalue weighted by atomic mass is 19.4. The number of amides is 2. The number of hydrogen-bond donors (Lipinski definition) is 0. The number of ketones is 1. The van der Waals surface area contributed by atoms with Crippen LogP contribution in [0.4, 0.5) is 13.2 Å². The summed E-state index contributed by atoms with van der Waals surface area (Å²) in [5.74, 6) is -2.19. The topological polar surface area (TPSA) is 75.5 Å². The Morgan fingerprint density at radius 1 is 0.829 bits per heavy atom. The lowest BCUT2D eigenvalue weighted by Gasteiger charge is -2.34. The van der Waals surface area contributed by atoms with E-state index >= 15 is 0 Å². The fraction of sp³-hybridized carbons (Fsp3) is 0.280. The number of aromatic nitrogens is 2. The second-order valence-corrected chi connectivity index (χ2v) is 8.25. The van der Waals surface area contributed by atoms with Crippen LogP contribution in [-0.2, 0) is 11.0 Å². The standard InChI is InChI=1S/C25H23F3N4O3/c1-16-21(17(2)32(29-16)18-8-4-3-5-9-18)22(33)24(35)31-14-12-30(13-15-31)23(34)19-10-6-7-11-20(19)25(26,27)28/h3-11H,12-15H2,1-2H3. The summed E-state index contributed by atoms with van der Waals surface area (Å²) in [5, 5.41) is 4.41. The first kappa shape index (κ1) is 24.2. The first-order valence-electron chi connectivity index (χ1n) is 11.0. The van der Waals surface area contributed by atoms with Gasteiger partial charge in [-0.3, -0.25) is 14.4 Å². The van der Waals surface area contributed by atoms with Crippen molar-refractivity contribution in [3.05, 3.63) is 82.7 Å². The number of aryl methyl sites for hydroxylation is 1. The smallest absolute Gasteiger partial charge is 0.335 e. The molecule has 2 aromatic carbocycles. The van der Waals surface area contributed by atoms with E-state index in [2.05, 4.69) is 5.10 Å². The van der Waals surface area contributed by atoms with E-state index in [1.807, 2.05) is 30.3 Å². The SMILES string of the molecule is Cc1nn(-c2ccccc2)c(C)c1C(=O)C(=O)N1CCN(C(=O)c2ccccc2C(F)(F)F)CC1. The van der Waals surface area contributed by atoms with E-state index in [0.29, 0.717) is 11.4 Å². The number of nitrogens with zero attached hydrogens (tertiary/aromatic N) is 4. The zero-order chi connectivity index (χ0) is 25.3. The number of rotatable bonds is 4. The number of hydrogen-bond acceptors (Lipinski definition) is 4. The van der Waals surface area contributed by atoms with E-state index in [0.717, 1.165) is 17.8 Å². The Hall–Kier alpha value is -3.95. The molecule has 0 saturated carbocycles. The van der Waals surface area contributed by atoms with Gasteiger partial charge in [-0.2, -0.15) is 18.3 Å². The third kappa shape index (κ3) is 4.68. The molecule has 0 N–H and O–H groups in total. The van der Waals surface area contributed by atoms with E-state index in [9.17, 15) is 27.6 Å². The van der Waals surface area contributed by atoms with E-state index in [-0.39, 0.29) is 31.7 Å². The van der Waals surface area contributed by atoms with Crippen molar-refractivity contribution in [2.75, 3.05) is 26.2 Å². The van der Waals surface area contributed by atoms with E-state index < -0.39 is 34.9 Å². The molecule has 0 unspecified atom stereocenters. The molecule has 2 heterocycles. The molecule has 1 saturated heterocycles. The average Bonchev–Trinajstić information content (AvgIpc) is 3.16. The van der Waals surface area contributed by atoms with Crippen LogP contribution in [0.2, 0.25) is 0 Å². The monoisotopic (exact) mass is 484 g/mol. The molecule has 35 heavy (non-hydrogen) atoms. The summed E-state index contributed by atoms with van der Waals surface area (Å²) in [6.45, 7) is 3.48. The van der Waals surface area contributed by atoms with Gasteiger partial charge in [0, 0.05) is 26.2 Å². The molecule has 0 atom stereocenters. The summed E-state index contributed by atoms with van der Waals surface area (Å²) in [5.41, 5.74) is 0.490. The Morgan fingerprint density at radius 2 is 1.40 bits per heavy atom. The van der Waals surface area contributed by atoms with Gasteiger partial charge >= 0.3 is 6.18 Å². The van der Waals surface area contributed by atoms with E-state index in [1.54, 1.807) is 18.5 Å². The predicted molar refractivity (Wildman–Crippen MR) is 121 cm³/mol. The molecule has 1 aromatic heterocycles. The van der Waals surface area contributed by atoms with Crippen LogP contribution in [0.5, 0.6) is 0 Å². The second-order valence-electron chi connectivity index (χ2n) is 8.25. The van der Waals surface area contributed by atoms with Crippen LogP contribution < -0.4 is 0 Å². The van der Waals surface area contributed by atoms with E-state index in [4.69, 9.17) is 0 Å². The Kier molecular flexibility index (Phi) is 6.47. The first-order valence-corrected chi connectivity index (χ1v) is 11.0. The van der Waals surface area contributed by atoms with Gasteiger partial charge in [-0.15, -0.1) is 0 Å². The summed E-state index contributed by atoms with van der Waals surface area (Å²) < 4.78 is 41.5. The minimum Gasteiger partial charge on any atom is -0.335 e. The zero-order valence-electron chi connectivity index (χ0n) is 19.2. The molecule has 0 bridgehead atoms. The number of alkyl halides is 3. The van der Waals surface area contributed by atoms with Gasteiger partial charge in [0.05, 0.1) is 33.8 Å². The number of para-hydroxylation sites is 1. The minimum absolute atomic E-state index is 0.0191. The number of piperazine rings is 1. The van der Waals surface area contributed by atoms with Crippen molar-refractivity contribution >= 4 is 17.6 Å². The number of carbonyl (C=O) groups is 3. The molecule has 10 heteroatoms. The van der Waals surface area contributed by atoms with Crippen molar-refractivity contribution in [1.82, 2.24) is 19.6 Å². The molecule has 1 aliphatic heterocycles. The maximum atomic E-state index is 13.3. The molecular weight excluding hydrogens is 461 g/mol. The summed E-state index contributed by atoms with van der Waals surface area (Å²) in [7, 11) is 0. The lowest BCUT2D eigenvalue weighted by molar-refractivity contribution is -0.138. The predicted octanol–water partition coefficient (Wildman–Crippen LogP) is 3.68. The third-order valence-corrected chi connectivity index (χ3v) is 6.03. The van der Waals surface area contributed by atoms with Gasteiger partial charge in [-0.05, 0) is 38.1 Å². The van der Waals surface area contributed by atoms with Gasteiger partial charge in [0.25, 0.3) is 17.6 Å². The average molecular weight is 484 g/mol. The fourth-order valence-corrected chi connectivity index (χ4v) is 4.24. The van der Waals surface area contributed by atoms with Crippen LogP contribution in [0.1, 0.15) is 37.7 Å². The highest BCUT2D eigenvalue weighted by molar-refractivity contribution is 6.43.